The quantitative estimate of drug-likeness (QED) is 0.177. The molecule has 3 saturated heterocycles. The average molecular weight is 724 g/mol. The number of carbonyl (C=O) groups is 1. The first kappa shape index (κ1) is 34.6. The van der Waals surface area contributed by atoms with E-state index in [0.717, 1.165) is 25.8 Å². The number of fused-ring (bicyclic) bond motifs is 3. The Kier molecular flexibility index (Phi) is 9.22. The molecule has 3 aliphatic rings. The summed E-state index contributed by atoms with van der Waals surface area (Å²) in [5.41, 5.74) is -0.786. The molecule has 2 aromatic carbocycles. The van der Waals surface area contributed by atoms with Gasteiger partial charge in [0.25, 0.3) is 0 Å². The molecule has 2 atom stereocenters. The number of carbonyl (C=O) groups excluding carboxylic acids is 1. The van der Waals surface area contributed by atoms with Crippen LogP contribution in [0.25, 0.3) is 32.9 Å². The van der Waals surface area contributed by atoms with Crippen molar-refractivity contribution in [3.05, 3.63) is 72.1 Å². The number of halogens is 3. The Morgan fingerprint density at radius 1 is 1.11 bits per heavy atom. The number of rotatable bonds is 7. The van der Waals surface area contributed by atoms with Crippen molar-refractivity contribution >= 4 is 39.4 Å². The van der Waals surface area contributed by atoms with Crippen LogP contribution in [0.2, 0.25) is 0 Å². The molecule has 0 spiro atoms. The highest BCUT2D eigenvalue weighted by Gasteiger charge is 2.49. The Labute approximate surface area is 303 Å². The molecule has 1 amide bonds. The normalized spacial score (nSPS) is 20.3. The summed E-state index contributed by atoms with van der Waals surface area (Å²) in [5.74, 6) is 1.67. The number of pyridine rings is 2. The maximum absolute atomic E-state index is 17.2. The fourth-order valence-electron chi connectivity index (χ4n) is 7.74. The number of alkyl halides is 1. The second-order valence-corrected chi connectivity index (χ2v) is 13.6. The Morgan fingerprint density at radius 2 is 2.00 bits per heavy atom. The first-order chi connectivity index (χ1) is 25.7. The highest BCUT2D eigenvalue weighted by atomic mass is 19.1. The second-order valence-electron chi connectivity index (χ2n) is 13.6. The van der Waals surface area contributed by atoms with Crippen molar-refractivity contribution in [1.29, 1.82) is 0 Å². The summed E-state index contributed by atoms with van der Waals surface area (Å²) in [5, 5.41) is 0.925. The minimum Gasteiger partial charge on any atom is -0.461 e. The standard InChI is InChI=1S/C39H36F3N7O4/c1-3-27-30(41)10-9-24-18-26(53-38(50)47(2)31-8-4-5-12-43-31)19-28(32(24)27)34-33(42)35-29(21-44-34)36(48-13-7-16-51-17-15-48)46-37(45-35)52-23-39-11-6-14-49(39)22-25(40)20-39/h1,4-5,8-10,12,18-19,21,25H,6-7,11,13-17,20,22-23H2,2H3/t25-,39+/m1/s1. The third kappa shape index (κ3) is 6.44. The van der Waals surface area contributed by atoms with E-state index >= 15 is 8.78 Å². The summed E-state index contributed by atoms with van der Waals surface area (Å²) < 4.78 is 64.6. The molecule has 5 aromatic rings. The van der Waals surface area contributed by atoms with Gasteiger partial charge in [-0.15, -0.1) is 6.42 Å². The summed E-state index contributed by atoms with van der Waals surface area (Å²) in [6, 6.07) is 10.6. The lowest BCUT2D eigenvalue weighted by molar-refractivity contribution is 0.107. The number of terminal acetylenes is 1. The zero-order valence-corrected chi connectivity index (χ0v) is 29.0. The van der Waals surface area contributed by atoms with Gasteiger partial charge in [-0.25, -0.2) is 22.9 Å². The van der Waals surface area contributed by atoms with Crippen LogP contribution < -0.4 is 19.3 Å². The maximum Gasteiger partial charge on any atom is 0.420 e. The number of aromatic nitrogens is 4. The van der Waals surface area contributed by atoms with Crippen LogP contribution in [0.1, 0.15) is 31.2 Å². The van der Waals surface area contributed by atoms with Crippen LogP contribution in [0, 0.1) is 24.0 Å². The predicted molar refractivity (Wildman–Crippen MR) is 193 cm³/mol. The highest BCUT2D eigenvalue weighted by molar-refractivity contribution is 6.03. The number of hydrogen-bond acceptors (Lipinski definition) is 10. The fraction of sp³-hybridized carbons (Fsp3) is 0.359. The van der Waals surface area contributed by atoms with Gasteiger partial charge in [-0.1, -0.05) is 18.1 Å². The van der Waals surface area contributed by atoms with Crippen molar-refractivity contribution in [2.75, 3.05) is 62.8 Å². The van der Waals surface area contributed by atoms with Crippen LogP contribution in [0.15, 0.2) is 54.9 Å². The van der Waals surface area contributed by atoms with E-state index in [0.29, 0.717) is 61.7 Å². The van der Waals surface area contributed by atoms with Gasteiger partial charge in [0.2, 0.25) is 0 Å². The minimum atomic E-state index is -0.951. The largest absolute Gasteiger partial charge is 0.461 e. The molecule has 0 aliphatic carbocycles. The van der Waals surface area contributed by atoms with Crippen LogP contribution in [0.3, 0.4) is 0 Å². The minimum absolute atomic E-state index is 0.0382. The summed E-state index contributed by atoms with van der Waals surface area (Å²) >= 11 is 0. The molecule has 0 radical (unpaired) electrons. The van der Waals surface area contributed by atoms with E-state index in [9.17, 15) is 9.18 Å². The molecule has 0 bridgehead atoms. The lowest BCUT2D eigenvalue weighted by Gasteiger charge is -2.31. The molecule has 11 nitrogen and oxygen atoms in total. The number of hydrogen-bond donors (Lipinski definition) is 0. The van der Waals surface area contributed by atoms with E-state index in [4.69, 9.17) is 25.6 Å². The summed E-state index contributed by atoms with van der Waals surface area (Å²) in [6.07, 6.45) is 9.87. The van der Waals surface area contributed by atoms with E-state index in [-0.39, 0.29) is 46.1 Å². The van der Waals surface area contributed by atoms with Gasteiger partial charge in [-0.2, -0.15) is 9.97 Å². The monoisotopic (exact) mass is 723 g/mol. The van der Waals surface area contributed by atoms with Gasteiger partial charge in [0.1, 0.15) is 47.2 Å². The van der Waals surface area contributed by atoms with Gasteiger partial charge in [0.05, 0.1) is 23.1 Å². The third-order valence-corrected chi connectivity index (χ3v) is 10.3. The Hall–Kier alpha value is -5.52. The summed E-state index contributed by atoms with van der Waals surface area (Å²) in [4.78, 5) is 36.6. The molecule has 3 aromatic heterocycles. The van der Waals surface area contributed by atoms with E-state index in [1.54, 1.807) is 24.4 Å². The molecule has 14 heteroatoms. The molecule has 0 saturated carbocycles. The van der Waals surface area contributed by atoms with Gasteiger partial charge in [0, 0.05) is 63.1 Å². The van der Waals surface area contributed by atoms with Crippen LogP contribution in [0.5, 0.6) is 11.8 Å². The summed E-state index contributed by atoms with van der Waals surface area (Å²) in [7, 11) is 1.50. The molecular weight excluding hydrogens is 687 g/mol. The van der Waals surface area contributed by atoms with Crippen LogP contribution >= 0.6 is 0 Å². The zero-order valence-electron chi connectivity index (χ0n) is 29.0. The van der Waals surface area contributed by atoms with E-state index < -0.39 is 29.4 Å². The molecule has 0 unspecified atom stereocenters. The number of nitrogens with zero attached hydrogens (tertiary/aromatic N) is 7. The fourth-order valence-corrected chi connectivity index (χ4v) is 7.74. The SMILES string of the molecule is C#Cc1c(F)ccc2cc(OC(=O)N(C)c3ccccn3)cc(-c3ncc4c(N5CCCOCC5)nc(OC[C@@]56CCCN5C[C@H](F)C6)nc4c3F)c12. The van der Waals surface area contributed by atoms with Crippen molar-refractivity contribution in [1.82, 2.24) is 24.8 Å². The molecule has 6 heterocycles. The van der Waals surface area contributed by atoms with Crippen molar-refractivity contribution in [3.8, 4) is 35.4 Å². The molecule has 0 N–H and O–H groups in total. The number of anilines is 2. The first-order valence-electron chi connectivity index (χ1n) is 17.6. The molecule has 3 fully saturated rings. The number of amides is 1. The molecule has 3 aliphatic heterocycles. The van der Waals surface area contributed by atoms with Crippen LogP contribution in [0.4, 0.5) is 29.6 Å². The number of ether oxygens (including phenoxy) is 3. The van der Waals surface area contributed by atoms with E-state index in [1.165, 1.54) is 42.4 Å². The Morgan fingerprint density at radius 3 is 2.83 bits per heavy atom. The van der Waals surface area contributed by atoms with Gasteiger partial charge >= 0.3 is 12.1 Å². The highest BCUT2D eigenvalue weighted by Crippen LogP contribution is 2.42. The Balaban J connectivity index is 1.25. The molecule has 8 rings (SSSR count). The smallest absolute Gasteiger partial charge is 0.420 e. The van der Waals surface area contributed by atoms with Crippen LogP contribution in [-0.4, -0.2) is 95.7 Å². The van der Waals surface area contributed by atoms with E-state index in [1.807, 2.05) is 4.90 Å². The van der Waals surface area contributed by atoms with Gasteiger partial charge in [-0.05, 0) is 61.5 Å². The molecule has 53 heavy (non-hydrogen) atoms. The summed E-state index contributed by atoms with van der Waals surface area (Å²) in [6.45, 7) is 3.38. The third-order valence-electron chi connectivity index (χ3n) is 10.3. The zero-order chi connectivity index (χ0) is 36.7. The topological polar surface area (TPSA) is 106 Å². The van der Waals surface area contributed by atoms with Crippen molar-refractivity contribution < 1.29 is 32.2 Å². The van der Waals surface area contributed by atoms with Gasteiger partial charge < -0.3 is 19.1 Å². The predicted octanol–water partition coefficient (Wildman–Crippen LogP) is 6.32. The first-order valence-corrected chi connectivity index (χ1v) is 17.6. The van der Waals surface area contributed by atoms with E-state index in [2.05, 4.69) is 25.8 Å². The molecular formula is C39H36F3N7O4. The van der Waals surface area contributed by atoms with Gasteiger partial charge in [-0.3, -0.25) is 14.8 Å². The average Bonchev–Trinajstić information content (AvgIpc) is 3.55. The Bertz CT molecular complexity index is 2250. The van der Waals surface area contributed by atoms with Crippen molar-refractivity contribution in [2.24, 2.45) is 0 Å². The van der Waals surface area contributed by atoms with Crippen LogP contribution in [-0.2, 0) is 4.74 Å². The lowest BCUT2D eigenvalue weighted by Crippen LogP contribution is -2.43. The lowest BCUT2D eigenvalue weighted by atomic mass is 9.95. The second kappa shape index (κ2) is 14.1. The van der Waals surface area contributed by atoms with Gasteiger partial charge in [0.15, 0.2) is 5.82 Å². The molecule has 272 valence electrons. The van der Waals surface area contributed by atoms with Crippen molar-refractivity contribution in [3.63, 3.8) is 0 Å². The number of benzene rings is 2. The maximum atomic E-state index is 17.2. The van der Waals surface area contributed by atoms with Crippen molar-refractivity contribution in [2.45, 2.75) is 37.4 Å².